The summed E-state index contributed by atoms with van der Waals surface area (Å²) in [7, 11) is 1.55. The summed E-state index contributed by atoms with van der Waals surface area (Å²) in [4.78, 5) is 26.3. The summed E-state index contributed by atoms with van der Waals surface area (Å²) in [6.45, 7) is 1.83. The van der Waals surface area contributed by atoms with E-state index in [9.17, 15) is 9.59 Å². The summed E-state index contributed by atoms with van der Waals surface area (Å²) in [6, 6.07) is 13.9. The van der Waals surface area contributed by atoms with Crippen molar-refractivity contribution in [3.8, 4) is 5.75 Å². The van der Waals surface area contributed by atoms with Crippen LogP contribution in [0.25, 0.3) is 0 Å². The first kappa shape index (κ1) is 20.3. The van der Waals surface area contributed by atoms with Crippen LogP contribution in [0.1, 0.15) is 12.5 Å². The van der Waals surface area contributed by atoms with E-state index in [1.807, 2.05) is 30.3 Å². The van der Waals surface area contributed by atoms with Crippen LogP contribution >= 0.6 is 27.5 Å². The van der Waals surface area contributed by atoms with E-state index in [2.05, 4.69) is 21.2 Å². The summed E-state index contributed by atoms with van der Waals surface area (Å²) in [5.74, 6) is -0.0104. The van der Waals surface area contributed by atoms with Crippen molar-refractivity contribution < 1.29 is 14.3 Å². The number of nitrogens with zero attached hydrogens (tertiary/aromatic N) is 1. The Balaban J connectivity index is 2.12. The second-order valence-corrected chi connectivity index (χ2v) is 6.95. The van der Waals surface area contributed by atoms with Gasteiger partial charge in [0, 0.05) is 18.6 Å². The lowest BCUT2D eigenvalue weighted by Gasteiger charge is -2.28. The molecule has 0 radical (unpaired) electrons. The first-order valence-corrected chi connectivity index (χ1v) is 9.22. The minimum atomic E-state index is -0.620. The van der Waals surface area contributed by atoms with Gasteiger partial charge >= 0.3 is 0 Å². The normalized spacial score (nSPS) is 11.5. The second-order valence-electron chi connectivity index (χ2n) is 5.66. The van der Waals surface area contributed by atoms with Gasteiger partial charge in [-0.2, -0.15) is 0 Å². The molecule has 1 N–H and O–H groups in total. The van der Waals surface area contributed by atoms with E-state index in [-0.39, 0.29) is 18.4 Å². The maximum Gasteiger partial charge on any atom is 0.261 e. The Morgan fingerprint density at radius 1 is 1.23 bits per heavy atom. The van der Waals surface area contributed by atoms with Crippen LogP contribution in [-0.4, -0.2) is 36.4 Å². The fraction of sp³-hybridized carbons (Fsp3) is 0.263. The number of benzene rings is 2. The zero-order chi connectivity index (χ0) is 19.1. The Bertz CT molecular complexity index is 771. The third-order valence-corrected chi connectivity index (χ3v) is 4.71. The van der Waals surface area contributed by atoms with Crippen molar-refractivity contribution in [3.63, 3.8) is 0 Å². The van der Waals surface area contributed by atoms with Crippen LogP contribution < -0.4 is 10.1 Å². The molecule has 0 unspecified atom stereocenters. The lowest BCUT2D eigenvalue weighted by Crippen LogP contribution is -2.48. The Kier molecular flexibility index (Phi) is 7.48. The van der Waals surface area contributed by atoms with E-state index >= 15 is 0 Å². The summed E-state index contributed by atoms with van der Waals surface area (Å²) >= 11 is 9.26. The molecule has 0 aromatic heterocycles. The number of carbonyl (C=O) groups is 2. The lowest BCUT2D eigenvalue weighted by atomic mass is 10.1. The molecule has 26 heavy (non-hydrogen) atoms. The molecule has 2 rings (SSSR count). The molecule has 2 amide bonds. The standard InChI is InChI=1S/C19H20BrClN2O3/c1-13(19(25)22-2)23(11-14-6-4-3-5-7-14)18(24)12-26-17-9-8-15(21)10-16(17)20/h3-10,13H,11-12H2,1-2H3,(H,22,25)/t13-/m1/s1. The van der Waals surface area contributed by atoms with E-state index in [0.29, 0.717) is 21.8 Å². The minimum absolute atomic E-state index is 0.186. The van der Waals surface area contributed by atoms with Gasteiger partial charge in [0.05, 0.1) is 4.47 Å². The molecule has 0 fully saturated rings. The number of likely N-dealkylation sites (N-methyl/N-ethyl adjacent to an activating group) is 1. The summed E-state index contributed by atoms with van der Waals surface area (Å²) in [5, 5.41) is 3.14. The van der Waals surface area contributed by atoms with Crippen LogP contribution in [0, 0.1) is 0 Å². The highest BCUT2D eigenvalue weighted by molar-refractivity contribution is 9.10. The molecule has 138 valence electrons. The summed E-state index contributed by atoms with van der Waals surface area (Å²) in [6.07, 6.45) is 0. The first-order chi connectivity index (χ1) is 12.4. The second kappa shape index (κ2) is 9.59. The predicted molar refractivity (Wildman–Crippen MR) is 105 cm³/mol. The van der Waals surface area contributed by atoms with Gasteiger partial charge < -0.3 is 15.0 Å². The van der Waals surface area contributed by atoms with Crippen molar-refractivity contribution in [3.05, 3.63) is 63.6 Å². The molecule has 0 aliphatic carbocycles. The molecule has 0 bridgehead atoms. The molecular formula is C19H20BrClN2O3. The molecular weight excluding hydrogens is 420 g/mol. The quantitative estimate of drug-likeness (QED) is 0.716. The Morgan fingerprint density at radius 3 is 2.54 bits per heavy atom. The SMILES string of the molecule is CNC(=O)[C@@H](C)N(Cc1ccccc1)C(=O)COc1ccc(Cl)cc1Br. The van der Waals surface area contributed by atoms with Crippen LogP contribution in [0.4, 0.5) is 0 Å². The fourth-order valence-corrected chi connectivity index (χ4v) is 3.18. The number of rotatable bonds is 7. The van der Waals surface area contributed by atoms with E-state index < -0.39 is 6.04 Å². The van der Waals surface area contributed by atoms with Crippen molar-refractivity contribution in [2.75, 3.05) is 13.7 Å². The van der Waals surface area contributed by atoms with Gasteiger partial charge in [0.25, 0.3) is 5.91 Å². The van der Waals surface area contributed by atoms with Crippen LogP contribution in [0.2, 0.25) is 5.02 Å². The van der Waals surface area contributed by atoms with Crippen molar-refractivity contribution >= 4 is 39.3 Å². The monoisotopic (exact) mass is 438 g/mol. The summed E-state index contributed by atoms with van der Waals surface area (Å²) in [5.41, 5.74) is 0.935. The van der Waals surface area contributed by atoms with Gasteiger partial charge in [0.1, 0.15) is 11.8 Å². The van der Waals surface area contributed by atoms with Crippen molar-refractivity contribution in [1.29, 1.82) is 0 Å². The lowest BCUT2D eigenvalue weighted by molar-refractivity contribution is -0.142. The largest absolute Gasteiger partial charge is 0.483 e. The highest BCUT2D eigenvalue weighted by atomic mass is 79.9. The Morgan fingerprint density at radius 2 is 1.92 bits per heavy atom. The van der Waals surface area contributed by atoms with Crippen LogP contribution in [0.5, 0.6) is 5.75 Å². The van der Waals surface area contributed by atoms with Crippen molar-refractivity contribution in [1.82, 2.24) is 10.2 Å². The van der Waals surface area contributed by atoms with Gasteiger partial charge in [-0.1, -0.05) is 41.9 Å². The molecule has 2 aromatic rings. The third-order valence-electron chi connectivity index (χ3n) is 3.85. The van der Waals surface area contributed by atoms with Crippen LogP contribution in [0.3, 0.4) is 0 Å². The molecule has 0 saturated heterocycles. The predicted octanol–water partition coefficient (Wildman–Crippen LogP) is 3.64. The van der Waals surface area contributed by atoms with Gasteiger partial charge in [0.2, 0.25) is 5.91 Å². The van der Waals surface area contributed by atoms with Gasteiger partial charge in [0.15, 0.2) is 6.61 Å². The molecule has 1 atom stereocenters. The molecule has 0 aliphatic rings. The van der Waals surface area contributed by atoms with E-state index in [4.69, 9.17) is 16.3 Å². The smallest absolute Gasteiger partial charge is 0.261 e. The van der Waals surface area contributed by atoms with Crippen molar-refractivity contribution in [2.45, 2.75) is 19.5 Å². The number of carbonyl (C=O) groups excluding carboxylic acids is 2. The molecule has 5 nitrogen and oxygen atoms in total. The first-order valence-electron chi connectivity index (χ1n) is 8.05. The third kappa shape index (κ3) is 5.47. The maximum atomic E-state index is 12.7. The fourth-order valence-electron chi connectivity index (χ4n) is 2.39. The van der Waals surface area contributed by atoms with Crippen LogP contribution in [0.15, 0.2) is 53.0 Å². The average molecular weight is 440 g/mol. The molecule has 0 spiro atoms. The molecule has 0 aliphatic heterocycles. The highest BCUT2D eigenvalue weighted by Gasteiger charge is 2.25. The topological polar surface area (TPSA) is 58.6 Å². The number of hydrogen-bond acceptors (Lipinski definition) is 3. The number of hydrogen-bond donors (Lipinski definition) is 1. The average Bonchev–Trinajstić information content (AvgIpc) is 2.64. The van der Waals surface area contributed by atoms with Gasteiger partial charge in [-0.15, -0.1) is 0 Å². The van der Waals surface area contributed by atoms with Crippen molar-refractivity contribution in [2.24, 2.45) is 0 Å². The highest BCUT2D eigenvalue weighted by Crippen LogP contribution is 2.28. The Labute approximate surface area is 166 Å². The minimum Gasteiger partial charge on any atom is -0.483 e. The molecule has 7 heteroatoms. The molecule has 2 aromatic carbocycles. The van der Waals surface area contributed by atoms with E-state index in [1.54, 1.807) is 32.2 Å². The Hall–Kier alpha value is -2.05. The van der Waals surface area contributed by atoms with Gasteiger partial charge in [-0.05, 0) is 46.6 Å². The van der Waals surface area contributed by atoms with E-state index in [1.165, 1.54) is 4.90 Å². The van der Waals surface area contributed by atoms with Crippen LogP contribution in [-0.2, 0) is 16.1 Å². The number of amides is 2. The van der Waals surface area contributed by atoms with Gasteiger partial charge in [-0.25, -0.2) is 0 Å². The zero-order valence-electron chi connectivity index (χ0n) is 14.5. The number of nitrogens with one attached hydrogen (secondary N) is 1. The van der Waals surface area contributed by atoms with Gasteiger partial charge in [-0.3, -0.25) is 9.59 Å². The molecule has 0 saturated carbocycles. The zero-order valence-corrected chi connectivity index (χ0v) is 16.9. The number of ether oxygens (including phenoxy) is 1. The van der Waals surface area contributed by atoms with E-state index in [0.717, 1.165) is 5.56 Å². The summed E-state index contributed by atoms with van der Waals surface area (Å²) < 4.78 is 6.27. The molecule has 0 heterocycles. The maximum absolute atomic E-state index is 12.7. The number of halogens is 2.